The summed E-state index contributed by atoms with van der Waals surface area (Å²) in [6, 6.07) is 13.3. The lowest BCUT2D eigenvalue weighted by atomic mass is 9.99. The van der Waals surface area contributed by atoms with Gasteiger partial charge in [-0.1, -0.05) is 42.5 Å². The van der Waals surface area contributed by atoms with Crippen LogP contribution in [0.15, 0.2) is 48.5 Å². The third kappa shape index (κ3) is 2.76. The minimum atomic E-state index is -1.73. The number of carbonyl (C=O) groups is 2. The molecule has 2 rings (SSSR count). The van der Waals surface area contributed by atoms with Crippen molar-refractivity contribution >= 4 is 12.1 Å². The largest absolute Gasteiger partial charge is 0.513 e. The number of carboxylic acid groups (broad SMARTS) is 1. The third-order valence-electron chi connectivity index (χ3n) is 2.59. The van der Waals surface area contributed by atoms with Crippen LogP contribution in [-0.4, -0.2) is 22.5 Å². The average Bonchev–Trinajstić information content (AvgIpc) is 2.46. The van der Waals surface area contributed by atoms with E-state index in [-0.39, 0.29) is 11.3 Å². The first kappa shape index (κ1) is 13.6. The number of carbonyl (C=O) groups excluding carboxylic acids is 1. The van der Waals surface area contributed by atoms with Crippen LogP contribution in [0.25, 0.3) is 11.1 Å². The summed E-state index contributed by atoms with van der Waals surface area (Å²) in [5, 5.41) is 17.3. The molecule has 0 radical (unpaired) electrons. The summed E-state index contributed by atoms with van der Waals surface area (Å²) in [5.74, 6) is -1.31. The first-order chi connectivity index (χ1) is 9.63. The first-order valence-corrected chi connectivity index (χ1v) is 5.58. The molecule has 102 valence electrons. The van der Waals surface area contributed by atoms with Crippen LogP contribution in [0.2, 0.25) is 0 Å². The van der Waals surface area contributed by atoms with E-state index < -0.39 is 12.1 Å². The van der Waals surface area contributed by atoms with Gasteiger partial charge in [0.05, 0.1) is 0 Å². The van der Waals surface area contributed by atoms with E-state index in [0.717, 1.165) is 0 Å². The molecule has 0 unspecified atom stereocenters. The molecular formula is C14H10O6. The summed E-state index contributed by atoms with van der Waals surface area (Å²) >= 11 is 0. The summed E-state index contributed by atoms with van der Waals surface area (Å²) in [7, 11) is 0. The fourth-order valence-electron chi connectivity index (χ4n) is 1.81. The topological polar surface area (TPSA) is 93.1 Å². The highest BCUT2D eigenvalue weighted by Crippen LogP contribution is 2.31. The van der Waals surface area contributed by atoms with Crippen molar-refractivity contribution in [3.8, 4) is 16.9 Å². The first-order valence-electron chi connectivity index (χ1n) is 5.58. The maximum absolute atomic E-state index is 11.8. The summed E-state index contributed by atoms with van der Waals surface area (Å²) < 4.78 is 4.13. The standard InChI is InChI=1S/C14H10O6/c15-13(19-14(16)17)12-10(7-4-8-11(12)20-18)9-5-2-1-3-6-9/h1-8,18H,(H,16,17). The van der Waals surface area contributed by atoms with Crippen molar-refractivity contribution in [2.24, 2.45) is 0 Å². The molecule has 0 bridgehead atoms. The molecule has 0 saturated heterocycles. The summed E-state index contributed by atoms with van der Waals surface area (Å²) in [6.07, 6.45) is -1.73. The van der Waals surface area contributed by atoms with Gasteiger partial charge >= 0.3 is 12.1 Å². The van der Waals surface area contributed by atoms with E-state index >= 15 is 0 Å². The van der Waals surface area contributed by atoms with Crippen LogP contribution >= 0.6 is 0 Å². The number of hydrogen-bond donors (Lipinski definition) is 2. The molecule has 2 N–H and O–H groups in total. The fraction of sp³-hybridized carbons (Fsp3) is 0. The zero-order chi connectivity index (χ0) is 14.5. The molecule has 0 saturated carbocycles. The molecule has 0 heterocycles. The Morgan fingerprint density at radius 1 is 0.950 bits per heavy atom. The normalized spacial score (nSPS) is 9.85. The Balaban J connectivity index is 2.57. The second kappa shape index (κ2) is 5.85. The quantitative estimate of drug-likeness (QED) is 0.387. The predicted molar refractivity (Wildman–Crippen MR) is 68.6 cm³/mol. The molecule has 2 aromatic rings. The molecule has 2 aromatic carbocycles. The predicted octanol–water partition coefficient (Wildman–Crippen LogP) is 3.04. The molecule has 0 fully saturated rings. The maximum Gasteiger partial charge on any atom is 0.513 e. The van der Waals surface area contributed by atoms with Crippen molar-refractivity contribution in [1.82, 2.24) is 0 Å². The second-order valence-corrected chi connectivity index (χ2v) is 3.79. The van der Waals surface area contributed by atoms with Crippen molar-refractivity contribution in [3.05, 3.63) is 54.1 Å². The van der Waals surface area contributed by atoms with Crippen LogP contribution in [-0.2, 0) is 4.74 Å². The maximum atomic E-state index is 11.8. The molecule has 0 aromatic heterocycles. The fourth-order valence-corrected chi connectivity index (χ4v) is 1.81. The van der Waals surface area contributed by atoms with Gasteiger partial charge in [-0.2, -0.15) is 0 Å². The number of hydrogen-bond acceptors (Lipinski definition) is 5. The lowest BCUT2D eigenvalue weighted by molar-refractivity contribution is -0.138. The molecule has 0 atom stereocenters. The zero-order valence-electron chi connectivity index (χ0n) is 10.1. The third-order valence-corrected chi connectivity index (χ3v) is 2.59. The van der Waals surface area contributed by atoms with Crippen molar-refractivity contribution in [1.29, 1.82) is 0 Å². The lowest BCUT2D eigenvalue weighted by Gasteiger charge is -2.10. The number of rotatable bonds is 3. The highest BCUT2D eigenvalue weighted by Gasteiger charge is 2.22. The Kier molecular flexibility index (Phi) is 3.97. The van der Waals surface area contributed by atoms with Gasteiger partial charge < -0.3 is 14.7 Å². The number of benzene rings is 2. The van der Waals surface area contributed by atoms with Crippen molar-refractivity contribution < 1.29 is 29.6 Å². The van der Waals surface area contributed by atoms with Crippen LogP contribution in [0.1, 0.15) is 10.4 Å². The molecule has 0 spiro atoms. The molecule has 0 amide bonds. The van der Waals surface area contributed by atoms with Gasteiger partial charge in [0, 0.05) is 5.56 Å². The Morgan fingerprint density at radius 3 is 2.25 bits per heavy atom. The Bertz CT molecular complexity index is 635. The monoisotopic (exact) mass is 274 g/mol. The van der Waals surface area contributed by atoms with Gasteiger partial charge in [-0.25, -0.2) is 14.8 Å². The summed E-state index contributed by atoms with van der Waals surface area (Å²) in [4.78, 5) is 26.4. The van der Waals surface area contributed by atoms with Crippen molar-refractivity contribution in [2.75, 3.05) is 0 Å². The highest BCUT2D eigenvalue weighted by atomic mass is 17.1. The van der Waals surface area contributed by atoms with Crippen LogP contribution in [0.3, 0.4) is 0 Å². The van der Waals surface area contributed by atoms with Gasteiger partial charge in [0.1, 0.15) is 5.56 Å². The molecule has 20 heavy (non-hydrogen) atoms. The molecule has 0 aliphatic heterocycles. The van der Waals surface area contributed by atoms with E-state index in [4.69, 9.17) is 10.4 Å². The Morgan fingerprint density at radius 2 is 1.65 bits per heavy atom. The van der Waals surface area contributed by atoms with Gasteiger partial charge in [-0.3, -0.25) is 0 Å². The van der Waals surface area contributed by atoms with Gasteiger partial charge in [0.15, 0.2) is 5.75 Å². The smallest absolute Gasteiger partial charge is 0.449 e. The minimum Gasteiger partial charge on any atom is -0.449 e. The van der Waals surface area contributed by atoms with Crippen molar-refractivity contribution in [3.63, 3.8) is 0 Å². The highest BCUT2D eigenvalue weighted by molar-refractivity contribution is 6.03. The summed E-state index contributed by atoms with van der Waals surface area (Å²) in [5.41, 5.74) is 0.885. The van der Waals surface area contributed by atoms with Gasteiger partial charge in [-0.05, 0) is 11.6 Å². The van der Waals surface area contributed by atoms with E-state index in [1.54, 1.807) is 42.5 Å². The van der Waals surface area contributed by atoms with Gasteiger partial charge in [0.25, 0.3) is 0 Å². The van der Waals surface area contributed by atoms with E-state index in [1.807, 2.05) is 0 Å². The zero-order valence-corrected chi connectivity index (χ0v) is 10.1. The van der Waals surface area contributed by atoms with Crippen LogP contribution < -0.4 is 4.89 Å². The van der Waals surface area contributed by atoms with E-state index in [2.05, 4.69) is 9.62 Å². The molecule has 6 heteroatoms. The Labute approximate surface area is 113 Å². The lowest BCUT2D eigenvalue weighted by Crippen LogP contribution is -2.12. The molecular weight excluding hydrogens is 264 g/mol. The molecule has 0 aliphatic carbocycles. The second-order valence-electron chi connectivity index (χ2n) is 3.79. The van der Waals surface area contributed by atoms with E-state index in [9.17, 15) is 9.59 Å². The Hall–Kier alpha value is -2.86. The van der Waals surface area contributed by atoms with Crippen molar-refractivity contribution in [2.45, 2.75) is 0 Å². The van der Waals surface area contributed by atoms with Crippen LogP contribution in [0.5, 0.6) is 5.75 Å². The summed E-state index contributed by atoms with van der Waals surface area (Å²) in [6.45, 7) is 0. The van der Waals surface area contributed by atoms with Gasteiger partial charge in [-0.15, -0.1) is 0 Å². The molecule has 0 aliphatic rings. The van der Waals surface area contributed by atoms with Gasteiger partial charge in [0.2, 0.25) is 0 Å². The SMILES string of the molecule is O=C(O)OC(=O)c1c(OO)cccc1-c1ccccc1. The van der Waals surface area contributed by atoms with E-state index in [1.165, 1.54) is 6.07 Å². The molecule has 6 nitrogen and oxygen atoms in total. The van der Waals surface area contributed by atoms with E-state index in [0.29, 0.717) is 11.1 Å². The number of esters is 1. The minimum absolute atomic E-state index is 0.163. The van der Waals surface area contributed by atoms with Crippen LogP contribution in [0.4, 0.5) is 4.79 Å². The average molecular weight is 274 g/mol. The van der Waals surface area contributed by atoms with Crippen LogP contribution in [0, 0.1) is 0 Å². The number of ether oxygens (including phenoxy) is 1.